The molecule has 0 N–H and O–H groups in total. The molecule has 3 heteroatoms. The summed E-state index contributed by atoms with van der Waals surface area (Å²) < 4.78 is 6.19. The molecular weight excluding hydrogens is 789 g/mol. The molecule has 0 aliphatic carbocycles. The molecule has 1 heterocycles. The molecule has 306 valence electrons. The van der Waals surface area contributed by atoms with E-state index in [0.29, 0.717) is 0 Å². The average Bonchev–Trinajstić information content (AvgIpc) is 3.76. The number of benzene rings is 11. The Morgan fingerprint density at radius 2 is 0.800 bits per heavy atom. The van der Waals surface area contributed by atoms with Gasteiger partial charge in [-0.15, -0.1) is 0 Å². The van der Waals surface area contributed by atoms with E-state index in [1.807, 2.05) is 12.1 Å². The van der Waals surface area contributed by atoms with Crippen molar-refractivity contribution in [3.05, 3.63) is 255 Å². The molecule has 0 bridgehead atoms. The van der Waals surface area contributed by atoms with E-state index in [4.69, 9.17) is 4.42 Å². The van der Waals surface area contributed by atoms with Gasteiger partial charge in [-0.1, -0.05) is 170 Å². The molecule has 0 aliphatic heterocycles. The van der Waals surface area contributed by atoms with Gasteiger partial charge in [-0.05, 0) is 134 Å². The van der Waals surface area contributed by atoms with E-state index in [1.165, 1.54) is 43.8 Å². The lowest BCUT2D eigenvalue weighted by molar-refractivity contribution is 0.669. The first kappa shape index (κ1) is 38.0. The fraction of sp³-hybridized carbons (Fsp3) is 0. The summed E-state index contributed by atoms with van der Waals surface area (Å²) in [7, 11) is 0. The summed E-state index contributed by atoms with van der Waals surface area (Å²) in [6.45, 7) is 0. The second-order valence-corrected chi connectivity index (χ2v) is 16.5. The Hall–Kier alpha value is -8.66. The lowest BCUT2D eigenvalue weighted by atomic mass is 9.88. The lowest BCUT2D eigenvalue weighted by Crippen LogP contribution is -2.10. The molecule has 12 rings (SSSR count). The fourth-order valence-corrected chi connectivity index (χ4v) is 9.65. The van der Waals surface area contributed by atoms with Crippen molar-refractivity contribution in [1.29, 1.82) is 0 Å². The third-order valence-corrected chi connectivity index (χ3v) is 12.6. The van der Waals surface area contributed by atoms with Crippen molar-refractivity contribution in [3.63, 3.8) is 0 Å². The van der Waals surface area contributed by atoms with Crippen molar-refractivity contribution in [3.8, 4) is 33.4 Å². The highest BCUT2D eigenvalue weighted by atomic mass is 16.3. The molecule has 0 fully saturated rings. The highest BCUT2D eigenvalue weighted by Gasteiger charge is 2.20. The van der Waals surface area contributed by atoms with Crippen LogP contribution in [0.25, 0.3) is 76.9 Å². The van der Waals surface area contributed by atoms with Crippen LogP contribution in [0.5, 0.6) is 0 Å². The van der Waals surface area contributed by atoms with Crippen molar-refractivity contribution in [2.75, 3.05) is 9.80 Å². The molecule has 3 nitrogen and oxygen atoms in total. The number of hydrogen-bond donors (Lipinski definition) is 0. The van der Waals surface area contributed by atoms with Crippen LogP contribution in [0.4, 0.5) is 34.1 Å². The molecule has 11 aromatic carbocycles. The molecule has 0 spiro atoms. The first-order chi connectivity index (χ1) is 32.2. The van der Waals surface area contributed by atoms with Gasteiger partial charge in [0.2, 0.25) is 0 Å². The zero-order chi connectivity index (χ0) is 43.1. The zero-order valence-corrected chi connectivity index (χ0v) is 35.6. The Bertz CT molecular complexity index is 3610. The topological polar surface area (TPSA) is 19.6 Å². The Morgan fingerprint density at radius 3 is 1.51 bits per heavy atom. The molecule has 0 saturated heterocycles. The van der Waals surface area contributed by atoms with Crippen molar-refractivity contribution in [2.24, 2.45) is 0 Å². The summed E-state index contributed by atoms with van der Waals surface area (Å²) >= 11 is 0. The smallest absolute Gasteiger partial charge is 0.135 e. The maximum absolute atomic E-state index is 6.19. The van der Waals surface area contributed by atoms with Crippen molar-refractivity contribution in [1.82, 2.24) is 0 Å². The lowest BCUT2D eigenvalue weighted by Gasteiger charge is -2.27. The molecule has 0 unspecified atom stereocenters. The summed E-state index contributed by atoms with van der Waals surface area (Å²) in [6.07, 6.45) is 0. The minimum Gasteiger partial charge on any atom is -0.456 e. The van der Waals surface area contributed by atoms with E-state index in [1.54, 1.807) is 0 Å². The monoisotopic (exact) mass is 830 g/mol. The fourth-order valence-electron chi connectivity index (χ4n) is 9.65. The molecule has 0 aliphatic rings. The standard InChI is InChI=1S/C62H42N2O/c1-4-21-47(22-5-1)63(51-37-40-61-58(42-51)56-29-12-13-32-60(56)65-61)50-35-33-43(34-36-50)45-19-14-20-46(41-45)52-30-15-17-44-18-16-31-57(62(44)52)54-38-39-59(55-28-11-10-27-53(54)55)64(48-23-6-2-7-24-48)49-25-8-3-9-26-49/h1-42H. The summed E-state index contributed by atoms with van der Waals surface area (Å²) in [5, 5.41) is 7.07. The van der Waals surface area contributed by atoms with Gasteiger partial charge in [0, 0.05) is 44.6 Å². The van der Waals surface area contributed by atoms with E-state index < -0.39 is 0 Å². The number of hydrogen-bond acceptors (Lipinski definition) is 3. The summed E-state index contributed by atoms with van der Waals surface area (Å²) in [6, 6.07) is 91.4. The Morgan fingerprint density at radius 1 is 0.262 bits per heavy atom. The third-order valence-electron chi connectivity index (χ3n) is 12.6. The van der Waals surface area contributed by atoms with E-state index in [0.717, 1.165) is 67.2 Å². The molecular formula is C62H42N2O. The number of anilines is 6. The van der Waals surface area contributed by atoms with Crippen molar-refractivity contribution in [2.45, 2.75) is 0 Å². The van der Waals surface area contributed by atoms with Crippen LogP contribution < -0.4 is 9.80 Å². The van der Waals surface area contributed by atoms with Gasteiger partial charge in [-0.2, -0.15) is 0 Å². The summed E-state index contributed by atoms with van der Waals surface area (Å²) in [5.41, 5.74) is 15.5. The third kappa shape index (κ3) is 6.87. The molecule has 0 atom stereocenters. The predicted molar refractivity (Wildman–Crippen MR) is 274 cm³/mol. The molecule has 0 saturated carbocycles. The summed E-state index contributed by atoms with van der Waals surface area (Å²) in [5.74, 6) is 0. The van der Waals surface area contributed by atoms with E-state index in [9.17, 15) is 0 Å². The molecule has 1 aromatic heterocycles. The van der Waals surface area contributed by atoms with Crippen LogP contribution in [0.2, 0.25) is 0 Å². The van der Waals surface area contributed by atoms with Gasteiger partial charge in [0.25, 0.3) is 0 Å². The zero-order valence-electron chi connectivity index (χ0n) is 35.6. The number of fused-ring (bicyclic) bond motifs is 5. The molecule has 0 amide bonds. The van der Waals surface area contributed by atoms with Crippen LogP contribution in [-0.2, 0) is 0 Å². The Kier molecular flexibility index (Phi) is 9.50. The van der Waals surface area contributed by atoms with Gasteiger partial charge in [0.1, 0.15) is 11.2 Å². The van der Waals surface area contributed by atoms with Gasteiger partial charge in [-0.3, -0.25) is 0 Å². The maximum atomic E-state index is 6.19. The minimum absolute atomic E-state index is 0.886. The largest absolute Gasteiger partial charge is 0.456 e. The summed E-state index contributed by atoms with van der Waals surface area (Å²) in [4.78, 5) is 4.68. The van der Waals surface area contributed by atoms with Gasteiger partial charge >= 0.3 is 0 Å². The Balaban J connectivity index is 0.935. The number of nitrogens with zero attached hydrogens (tertiary/aromatic N) is 2. The maximum Gasteiger partial charge on any atom is 0.135 e. The quantitative estimate of drug-likeness (QED) is 0.144. The van der Waals surface area contributed by atoms with Crippen LogP contribution in [0, 0.1) is 0 Å². The first-order valence-electron chi connectivity index (χ1n) is 22.2. The normalized spacial score (nSPS) is 11.4. The van der Waals surface area contributed by atoms with Crippen LogP contribution >= 0.6 is 0 Å². The van der Waals surface area contributed by atoms with Crippen LogP contribution in [0.3, 0.4) is 0 Å². The van der Waals surface area contributed by atoms with Gasteiger partial charge in [0.15, 0.2) is 0 Å². The predicted octanol–water partition coefficient (Wildman–Crippen LogP) is 17.8. The molecule has 65 heavy (non-hydrogen) atoms. The molecule has 12 aromatic rings. The van der Waals surface area contributed by atoms with Gasteiger partial charge in [-0.25, -0.2) is 0 Å². The second-order valence-electron chi connectivity index (χ2n) is 16.5. The average molecular weight is 831 g/mol. The molecule has 0 radical (unpaired) electrons. The van der Waals surface area contributed by atoms with E-state index in [2.05, 4.69) is 252 Å². The number of rotatable bonds is 9. The highest BCUT2D eigenvalue weighted by molar-refractivity contribution is 6.14. The SMILES string of the molecule is c1ccc(N(c2ccc(-c3cccc(-c4cccc5cccc(-c6ccc(N(c7ccccc7)c7ccccc7)c7ccccc67)c45)c3)cc2)c2ccc3oc4ccccc4c3c2)cc1. The first-order valence-corrected chi connectivity index (χ1v) is 22.2. The minimum atomic E-state index is 0.886. The van der Waals surface area contributed by atoms with E-state index in [-0.39, 0.29) is 0 Å². The van der Waals surface area contributed by atoms with Crippen LogP contribution in [-0.4, -0.2) is 0 Å². The Labute approximate surface area is 378 Å². The van der Waals surface area contributed by atoms with Crippen molar-refractivity contribution >= 4 is 77.6 Å². The highest BCUT2D eigenvalue weighted by Crippen LogP contribution is 2.45. The van der Waals surface area contributed by atoms with Gasteiger partial charge in [0.05, 0.1) is 5.69 Å². The van der Waals surface area contributed by atoms with Crippen LogP contribution in [0.1, 0.15) is 0 Å². The van der Waals surface area contributed by atoms with Crippen LogP contribution in [0.15, 0.2) is 259 Å². The van der Waals surface area contributed by atoms with Crippen molar-refractivity contribution < 1.29 is 4.42 Å². The second kappa shape index (κ2) is 16.2. The van der Waals surface area contributed by atoms with E-state index >= 15 is 0 Å². The van der Waals surface area contributed by atoms with Gasteiger partial charge < -0.3 is 14.2 Å². The number of furan rings is 1. The number of para-hydroxylation sites is 4.